The lowest BCUT2D eigenvalue weighted by Gasteiger charge is -2.35. The van der Waals surface area contributed by atoms with E-state index in [4.69, 9.17) is 0 Å². The monoisotopic (exact) mass is 416 g/mol. The first-order chi connectivity index (χ1) is 14.5. The van der Waals surface area contributed by atoms with Gasteiger partial charge in [-0.2, -0.15) is 0 Å². The van der Waals surface area contributed by atoms with Gasteiger partial charge in [0.15, 0.2) is 13.1 Å². The summed E-state index contributed by atoms with van der Waals surface area (Å²) < 4.78 is 0. The van der Waals surface area contributed by atoms with Crippen molar-refractivity contribution in [1.82, 2.24) is 5.32 Å². The molecule has 6 heteroatoms. The summed E-state index contributed by atoms with van der Waals surface area (Å²) >= 11 is 0. The molecule has 0 spiro atoms. The summed E-state index contributed by atoms with van der Waals surface area (Å²) in [5.41, 5.74) is 2.10. The van der Waals surface area contributed by atoms with E-state index in [-0.39, 0.29) is 11.8 Å². The number of hydrogen-bond donors (Lipinski definition) is 4. The minimum atomic E-state index is 0.0764. The number of carbonyl (C=O) groups excluding carboxylic acids is 2. The lowest BCUT2D eigenvalue weighted by Crippen LogP contribution is -3.28. The fourth-order valence-electron chi connectivity index (χ4n) is 4.95. The number of aryl methyl sites for hydroxylation is 1. The third-order valence-electron chi connectivity index (χ3n) is 7.21. The summed E-state index contributed by atoms with van der Waals surface area (Å²) in [6.07, 6.45) is 4.52. The van der Waals surface area contributed by atoms with Crippen LogP contribution in [0.4, 0.5) is 5.69 Å². The maximum absolute atomic E-state index is 12.6. The molecule has 0 unspecified atom stereocenters. The zero-order valence-electron chi connectivity index (χ0n) is 18.9. The van der Waals surface area contributed by atoms with Crippen LogP contribution in [0.25, 0.3) is 0 Å². The van der Waals surface area contributed by atoms with Crippen molar-refractivity contribution >= 4 is 17.5 Å². The molecule has 1 aliphatic carbocycles. The van der Waals surface area contributed by atoms with Gasteiger partial charge < -0.3 is 20.4 Å². The molecule has 6 nitrogen and oxygen atoms in total. The van der Waals surface area contributed by atoms with E-state index in [1.807, 2.05) is 18.2 Å². The molecule has 2 fully saturated rings. The third-order valence-corrected chi connectivity index (χ3v) is 7.21. The summed E-state index contributed by atoms with van der Waals surface area (Å²) in [7, 11) is 0. The number of hydrogen-bond acceptors (Lipinski definition) is 2. The average molecular weight is 417 g/mol. The third kappa shape index (κ3) is 6.29. The van der Waals surface area contributed by atoms with Crippen molar-refractivity contribution in [3.8, 4) is 0 Å². The predicted octanol–water partition coefficient (Wildman–Crippen LogP) is -0.0882. The minimum absolute atomic E-state index is 0.0764. The second-order valence-corrected chi connectivity index (χ2v) is 9.35. The largest absolute Gasteiger partial charge is 0.348 e. The second kappa shape index (κ2) is 10.9. The number of para-hydroxylation sites is 1. The highest BCUT2D eigenvalue weighted by molar-refractivity contribution is 5.92. The first-order valence-corrected chi connectivity index (χ1v) is 11.8. The van der Waals surface area contributed by atoms with Gasteiger partial charge >= 0.3 is 0 Å². The van der Waals surface area contributed by atoms with Crippen molar-refractivity contribution < 1.29 is 19.4 Å². The van der Waals surface area contributed by atoms with E-state index in [9.17, 15) is 9.59 Å². The summed E-state index contributed by atoms with van der Waals surface area (Å²) in [6, 6.07) is 8.34. The number of rotatable bonds is 7. The van der Waals surface area contributed by atoms with Crippen LogP contribution in [0.5, 0.6) is 0 Å². The standard InChI is InChI=1S/C24H38N4O2/c1-4-20-9-5-6-10-22(20)26-24(30)17-28-14-12-27(13-15-28)16-23(29)25-21-11-7-8-18(2)19(21)3/h5-6,9-10,18-19,21H,4,7-8,11-17H2,1-3H3,(H,25,29)(H,26,30)/p+2/t18-,19+,21+/m1/s1. The molecule has 3 rings (SSSR count). The lowest BCUT2D eigenvalue weighted by molar-refractivity contribution is -1.00. The van der Waals surface area contributed by atoms with E-state index in [1.165, 1.54) is 28.2 Å². The van der Waals surface area contributed by atoms with Gasteiger partial charge in [0.1, 0.15) is 26.2 Å². The Labute approximate surface area is 181 Å². The fourth-order valence-corrected chi connectivity index (χ4v) is 4.95. The molecule has 166 valence electrons. The van der Waals surface area contributed by atoms with Crippen LogP contribution in [0, 0.1) is 11.8 Å². The van der Waals surface area contributed by atoms with Crippen molar-refractivity contribution in [2.45, 2.75) is 52.5 Å². The van der Waals surface area contributed by atoms with Crippen LogP contribution in [-0.4, -0.2) is 57.1 Å². The second-order valence-electron chi connectivity index (χ2n) is 9.35. The quantitative estimate of drug-likeness (QED) is 0.502. The molecule has 0 bridgehead atoms. The number of benzene rings is 1. The Kier molecular flexibility index (Phi) is 8.28. The first-order valence-electron chi connectivity index (χ1n) is 11.8. The fraction of sp³-hybridized carbons (Fsp3) is 0.667. The van der Waals surface area contributed by atoms with Gasteiger partial charge in [-0.25, -0.2) is 0 Å². The molecule has 1 heterocycles. The van der Waals surface area contributed by atoms with Gasteiger partial charge in [0.2, 0.25) is 0 Å². The van der Waals surface area contributed by atoms with Gasteiger partial charge in [0, 0.05) is 11.7 Å². The Morgan fingerprint density at radius 2 is 1.60 bits per heavy atom. The molecule has 2 amide bonds. The Morgan fingerprint density at radius 3 is 2.27 bits per heavy atom. The topological polar surface area (TPSA) is 67.1 Å². The van der Waals surface area contributed by atoms with E-state index in [1.54, 1.807) is 0 Å². The number of amides is 2. The van der Waals surface area contributed by atoms with E-state index in [2.05, 4.69) is 37.5 Å². The highest BCUT2D eigenvalue weighted by Crippen LogP contribution is 2.29. The van der Waals surface area contributed by atoms with E-state index in [0.717, 1.165) is 44.7 Å². The predicted molar refractivity (Wildman–Crippen MR) is 120 cm³/mol. The highest BCUT2D eigenvalue weighted by atomic mass is 16.2. The maximum Gasteiger partial charge on any atom is 0.279 e. The molecular formula is C24H40N4O2+2. The maximum atomic E-state index is 12.6. The Balaban J connectivity index is 1.38. The highest BCUT2D eigenvalue weighted by Gasteiger charge is 2.30. The molecule has 30 heavy (non-hydrogen) atoms. The van der Waals surface area contributed by atoms with E-state index in [0.29, 0.717) is 31.0 Å². The van der Waals surface area contributed by atoms with Crippen LogP contribution in [0.1, 0.15) is 45.6 Å². The zero-order valence-corrected chi connectivity index (χ0v) is 18.9. The Morgan fingerprint density at radius 1 is 0.967 bits per heavy atom. The van der Waals surface area contributed by atoms with Gasteiger partial charge in [-0.3, -0.25) is 9.59 Å². The summed E-state index contributed by atoms with van der Waals surface area (Å²) in [5, 5.41) is 6.37. The van der Waals surface area contributed by atoms with Crippen LogP contribution in [0.15, 0.2) is 24.3 Å². The summed E-state index contributed by atoms with van der Waals surface area (Å²) in [6.45, 7) is 11.5. The molecule has 1 aromatic carbocycles. The first kappa shape index (κ1) is 22.8. The number of nitrogens with one attached hydrogen (secondary N) is 4. The number of anilines is 1. The SMILES string of the molecule is CCc1ccccc1NC(=O)C[NH+]1CC[NH+](CC(=O)N[C@H]2CCC[C@@H](C)[C@@H]2C)CC1. The van der Waals surface area contributed by atoms with E-state index < -0.39 is 0 Å². The van der Waals surface area contributed by atoms with Crippen LogP contribution < -0.4 is 20.4 Å². The van der Waals surface area contributed by atoms with Gasteiger partial charge in [-0.15, -0.1) is 0 Å². The van der Waals surface area contributed by atoms with E-state index >= 15 is 0 Å². The van der Waals surface area contributed by atoms with Crippen molar-refractivity contribution in [2.24, 2.45) is 11.8 Å². The van der Waals surface area contributed by atoms with Gasteiger partial charge in [0.25, 0.3) is 11.8 Å². The van der Waals surface area contributed by atoms with Crippen LogP contribution >= 0.6 is 0 Å². The van der Waals surface area contributed by atoms with Crippen LogP contribution in [-0.2, 0) is 16.0 Å². The summed E-state index contributed by atoms with van der Waals surface area (Å²) in [4.78, 5) is 27.7. The minimum Gasteiger partial charge on any atom is -0.348 e. The van der Waals surface area contributed by atoms with Gasteiger partial charge in [-0.1, -0.05) is 51.8 Å². The van der Waals surface area contributed by atoms with Crippen molar-refractivity contribution in [3.63, 3.8) is 0 Å². The Bertz CT molecular complexity index is 715. The molecule has 1 aliphatic heterocycles. The molecule has 4 N–H and O–H groups in total. The lowest BCUT2D eigenvalue weighted by atomic mass is 9.78. The van der Waals surface area contributed by atoms with Crippen molar-refractivity contribution in [3.05, 3.63) is 29.8 Å². The molecule has 3 atom stereocenters. The van der Waals surface area contributed by atoms with Gasteiger partial charge in [0.05, 0.1) is 0 Å². The smallest absolute Gasteiger partial charge is 0.279 e. The molecule has 1 saturated carbocycles. The normalized spacial score (nSPS) is 29.2. The number of piperazine rings is 1. The number of quaternary nitrogens is 2. The van der Waals surface area contributed by atoms with Crippen molar-refractivity contribution in [2.75, 3.05) is 44.6 Å². The van der Waals surface area contributed by atoms with Gasteiger partial charge in [-0.05, 0) is 36.3 Å². The Hall–Kier alpha value is -1.92. The molecule has 1 saturated heterocycles. The van der Waals surface area contributed by atoms with Crippen LogP contribution in [0.2, 0.25) is 0 Å². The number of carbonyl (C=O) groups is 2. The zero-order chi connectivity index (χ0) is 21.5. The van der Waals surface area contributed by atoms with Crippen LogP contribution in [0.3, 0.4) is 0 Å². The molecule has 0 radical (unpaired) electrons. The molecular weight excluding hydrogens is 376 g/mol. The summed E-state index contributed by atoms with van der Waals surface area (Å²) in [5.74, 6) is 1.52. The molecule has 2 aliphatic rings. The van der Waals surface area contributed by atoms with Crippen molar-refractivity contribution in [1.29, 1.82) is 0 Å². The molecule has 0 aromatic heterocycles. The average Bonchev–Trinajstić information content (AvgIpc) is 2.73. The molecule has 1 aromatic rings.